The molecule has 0 radical (unpaired) electrons. The van der Waals surface area contributed by atoms with E-state index in [4.69, 9.17) is 21.1 Å². The number of aliphatic carboxylic acids is 1. The van der Waals surface area contributed by atoms with Gasteiger partial charge in [-0.25, -0.2) is 9.78 Å². The molecule has 8 heteroatoms. The number of hydrogen-bond acceptors (Lipinski definition) is 5. The highest BCUT2D eigenvalue weighted by atomic mass is 35.5. The predicted molar refractivity (Wildman–Crippen MR) is 122 cm³/mol. The van der Waals surface area contributed by atoms with Crippen LogP contribution in [0.1, 0.15) is 54.9 Å². The Kier molecular flexibility index (Phi) is 7.96. The fraction of sp³-hybridized carbons (Fsp3) is 0.458. The van der Waals surface area contributed by atoms with Gasteiger partial charge in [-0.05, 0) is 49.3 Å². The lowest BCUT2D eigenvalue weighted by Gasteiger charge is -2.37. The number of pyridine rings is 1. The molecule has 2 aromatic rings. The first-order chi connectivity index (χ1) is 15.4. The van der Waals surface area contributed by atoms with E-state index in [-0.39, 0.29) is 11.4 Å². The summed E-state index contributed by atoms with van der Waals surface area (Å²) in [5.74, 6) is -0.413. The van der Waals surface area contributed by atoms with E-state index in [1.54, 1.807) is 6.07 Å². The minimum atomic E-state index is -1.25. The van der Waals surface area contributed by atoms with Crippen LogP contribution < -0.4 is 14.8 Å². The Morgan fingerprint density at radius 3 is 2.66 bits per heavy atom. The van der Waals surface area contributed by atoms with E-state index < -0.39 is 17.4 Å². The number of carboxylic acid groups (broad SMARTS) is 1. The van der Waals surface area contributed by atoms with Gasteiger partial charge in [-0.15, -0.1) is 0 Å². The van der Waals surface area contributed by atoms with Crippen LogP contribution in [0.3, 0.4) is 0 Å². The van der Waals surface area contributed by atoms with Crippen LogP contribution in [0.4, 0.5) is 0 Å². The van der Waals surface area contributed by atoms with E-state index in [0.717, 1.165) is 24.8 Å². The molecule has 0 atom stereocenters. The molecule has 1 aromatic carbocycles. The third-order valence-electron chi connectivity index (χ3n) is 6.11. The topological polar surface area (TPSA) is 97.8 Å². The number of carbonyl (C=O) groups is 2. The van der Waals surface area contributed by atoms with Gasteiger partial charge in [-0.3, -0.25) is 4.79 Å². The summed E-state index contributed by atoms with van der Waals surface area (Å²) < 4.78 is 11.1. The van der Waals surface area contributed by atoms with Gasteiger partial charge in [0.05, 0.1) is 19.3 Å². The summed E-state index contributed by atoms with van der Waals surface area (Å²) in [6.07, 6.45) is 5.38. The number of nitrogens with one attached hydrogen (secondary N) is 1. The summed E-state index contributed by atoms with van der Waals surface area (Å²) in [5, 5.41) is 13.2. The third-order valence-corrected chi connectivity index (χ3v) is 6.34. The van der Waals surface area contributed by atoms with Crippen molar-refractivity contribution in [2.45, 2.75) is 51.0 Å². The minimum Gasteiger partial charge on any atom is -0.488 e. The normalized spacial score (nSPS) is 20.4. The fourth-order valence-electron chi connectivity index (χ4n) is 4.04. The lowest BCUT2D eigenvalue weighted by atomic mass is 9.75. The molecule has 3 rings (SSSR count). The van der Waals surface area contributed by atoms with Crippen molar-refractivity contribution in [2.24, 2.45) is 5.92 Å². The molecule has 0 bridgehead atoms. The first-order valence-corrected chi connectivity index (χ1v) is 11.2. The summed E-state index contributed by atoms with van der Waals surface area (Å²) in [7, 11) is 1.47. The summed E-state index contributed by atoms with van der Waals surface area (Å²) in [4.78, 5) is 29.1. The Morgan fingerprint density at radius 2 is 2.03 bits per heavy atom. The number of benzene rings is 1. The van der Waals surface area contributed by atoms with E-state index in [9.17, 15) is 14.7 Å². The van der Waals surface area contributed by atoms with Crippen LogP contribution in [-0.2, 0) is 11.2 Å². The Labute approximate surface area is 193 Å². The molecule has 1 aromatic heterocycles. The molecule has 0 unspecified atom stereocenters. The SMILES string of the molecule is CC[C@H]1CC[C@@](NC(=O)c2cnc(OC)c(OCCc3cccc(Cl)c3)c2)(C(=O)O)CC1. The Balaban J connectivity index is 1.70. The van der Waals surface area contributed by atoms with E-state index >= 15 is 0 Å². The molecule has 2 N–H and O–H groups in total. The van der Waals surface area contributed by atoms with Crippen LogP contribution in [0, 0.1) is 5.92 Å². The van der Waals surface area contributed by atoms with Gasteiger partial charge in [0.2, 0.25) is 0 Å². The number of ether oxygens (including phenoxy) is 2. The number of aromatic nitrogens is 1. The van der Waals surface area contributed by atoms with Crippen molar-refractivity contribution in [3.63, 3.8) is 0 Å². The van der Waals surface area contributed by atoms with E-state index in [1.165, 1.54) is 19.4 Å². The predicted octanol–water partition coefficient (Wildman–Crippen LogP) is 4.52. The largest absolute Gasteiger partial charge is 0.488 e. The standard InChI is InChI=1S/C24H29ClN2O5/c1-3-16-7-10-24(11-8-16,23(29)30)27-21(28)18-14-20(22(31-2)26-15-18)32-12-9-17-5-4-6-19(25)13-17/h4-6,13-16H,3,7-12H2,1-2H3,(H,27,28)(H,29,30)/t16-,24-. The monoisotopic (exact) mass is 460 g/mol. The lowest BCUT2D eigenvalue weighted by Crippen LogP contribution is -2.56. The summed E-state index contributed by atoms with van der Waals surface area (Å²) in [6.45, 7) is 2.44. The molecule has 1 fully saturated rings. The zero-order valence-corrected chi connectivity index (χ0v) is 19.2. The van der Waals surface area contributed by atoms with E-state index in [2.05, 4.69) is 17.2 Å². The Hall–Kier alpha value is -2.80. The van der Waals surface area contributed by atoms with Crippen LogP contribution in [-0.4, -0.2) is 41.2 Å². The summed E-state index contributed by atoms with van der Waals surface area (Å²) in [5.41, 5.74) is -0.0118. The maximum atomic E-state index is 12.9. The molecule has 32 heavy (non-hydrogen) atoms. The van der Waals surface area contributed by atoms with Crippen LogP contribution in [0.2, 0.25) is 5.02 Å². The van der Waals surface area contributed by atoms with Crippen LogP contribution in [0.25, 0.3) is 0 Å². The Morgan fingerprint density at radius 1 is 1.28 bits per heavy atom. The third kappa shape index (κ3) is 5.71. The number of rotatable bonds is 9. The minimum absolute atomic E-state index is 0.224. The molecule has 0 aliphatic heterocycles. The van der Waals surface area contributed by atoms with Crippen molar-refractivity contribution < 1.29 is 24.2 Å². The first-order valence-electron chi connectivity index (χ1n) is 10.8. The maximum Gasteiger partial charge on any atom is 0.329 e. The highest BCUT2D eigenvalue weighted by Gasteiger charge is 2.43. The van der Waals surface area contributed by atoms with Gasteiger partial charge < -0.3 is 19.9 Å². The fourth-order valence-corrected chi connectivity index (χ4v) is 4.26. The van der Waals surface area contributed by atoms with Crippen LogP contribution >= 0.6 is 11.6 Å². The highest BCUT2D eigenvalue weighted by molar-refractivity contribution is 6.30. The van der Waals surface area contributed by atoms with Gasteiger partial charge in [-0.1, -0.05) is 37.1 Å². The van der Waals surface area contributed by atoms with Crippen LogP contribution in [0.15, 0.2) is 36.5 Å². The van der Waals surface area contributed by atoms with Crippen molar-refractivity contribution in [2.75, 3.05) is 13.7 Å². The van der Waals surface area contributed by atoms with Crippen molar-refractivity contribution in [1.29, 1.82) is 0 Å². The van der Waals surface area contributed by atoms with Crippen LogP contribution in [0.5, 0.6) is 11.6 Å². The quantitative estimate of drug-likeness (QED) is 0.571. The maximum absolute atomic E-state index is 12.9. The number of carboxylic acids is 1. The summed E-state index contributed by atoms with van der Waals surface area (Å²) >= 11 is 6.02. The molecule has 1 heterocycles. The average Bonchev–Trinajstić information content (AvgIpc) is 2.79. The molecule has 172 valence electrons. The van der Waals surface area contributed by atoms with E-state index in [0.29, 0.717) is 42.6 Å². The second-order valence-electron chi connectivity index (χ2n) is 8.15. The molecule has 0 saturated heterocycles. The van der Waals surface area contributed by atoms with Gasteiger partial charge in [0.25, 0.3) is 11.8 Å². The number of methoxy groups -OCH3 is 1. The van der Waals surface area contributed by atoms with Crippen molar-refractivity contribution >= 4 is 23.5 Å². The van der Waals surface area contributed by atoms with Crippen molar-refractivity contribution in [3.8, 4) is 11.6 Å². The van der Waals surface area contributed by atoms with Gasteiger partial charge in [0, 0.05) is 23.7 Å². The highest BCUT2D eigenvalue weighted by Crippen LogP contribution is 2.34. The summed E-state index contributed by atoms with van der Waals surface area (Å²) in [6, 6.07) is 9.03. The van der Waals surface area contributed by atoms with Gasteiger partial charge in [0.15, 0.2) is 5.75 Å². The lowest BCUT2D eigenvalue weighted by molar-refractivity contribution is -0.146. The zero-order valence-electron chi connectivity index (χ0n) is 18.4. The second kappa shape index (κ2) is 10.7. The zero-order chi connectivity index (χ0) is 23.1. The molecule has 1 aliphatic carbocycles. The number of nitrogens with zero attached hydrogens (tertiary/aromatic N) is 1. The smallest absolute Gasteiger partial charge is 0.329 e. The van der Waals surface area contributed by atoms with Crippen molar-refractivity contribution in [3.05, 3.63) is 52.7 Å². The number of hydrogen-bond donors (Lipinski definition) is 2. The molecule has 7 nitrogen and oxygen atoms in total. The average molecular weight is 461 g/mol. The van der Waals surface area contributed by atoms with Gasteiger partial charge in [-0.2, -0.15) is 0 Å². The van der Waals surface area contributed by atoms with Gasteiger partial charge >= 0.3 is 5.97 Å². The number of carbonyl (C=O) groups excluding carboxylic acids is 1. The number of amides is 1. The van der Waals surface area contributed by atoms with E-state index in [1.807, 2.05) is 18.2 Å². The first kappa shape index (κ1) is 23.9. The molecule has 0 spiro atoms. The molecule has 1 amide bonds. The molecule has 1 aliphatic rings. The molecular weight excluding hydrogens is 432 g/mol. The second-order valence-corrected chi connectivity index (χ2v) is 8.59. The molecule has 1 saturated carbocycles. The Bertz CT molecular complexity index is 957. The van der Waals surface area contributed by atoms with Crippen molar-refractivity contribution in [1.82, 2.24) is 10.3 Å². The number of halogens is 1. The van der Waals surface area contributed by atoms with Gasteiger partial charge in [0.1, 0.15) is 5.54 Å². The molecular formula is C24H29ClN2O5.